The zero-order chi connectivity index (χ0) is 15.2. The maximum absolute atomic E-state index is 12.0. The quantitative estimate of drug-likeness (QED) is 0.773. The molecule has 0 aliphatic rings. The average molecular weight is 297 g/mol. The molecule has 0 fully saturated rings. The van der Waals surface area contributed by atoms with Gasteiger partial charge in [0.05, 0.1) is 4.88 Å². The van der Waals surface area contributed by atoms with Crippen molar-refractivity contribution in [3.63, 3.8) is 0 Å². The molecule has 0 aliphatic heterocycles. The Kier molecular flexibility index (Phi) is 6.20. The van der Waals surface area contributed by atoms with Crippen LogP contribution in [0.3, 0.4) is 0 Å². The van der Waals surface area contributed by atoms with Gasteiger partial charge in [0.1, 0.15) is 0 Å². The van der Waals surface area contributed by atoms with E-state index in [0.29, 0.717) is 13.0 Å². The van der Waals surface area contributed by atoms with Crippen molar-refractivity contribution in [3.8, 4) is 0 Å². The number of carbonyl (C=O) groups excluding carboxylic acids is 1. The first kappa shape index (κ1) is 16.7. The van der Waals surface area contributed by atoms with Gasteiger partial charge < -0.3 is 10.4 Å². The molecule has 4 nitrogen and oxygen atoms in total. The second-order valence-electron chi connectivity index (χ2n) is 5.69. The molecule has 0 spiro atoms. The molecule has 0 atom stereocenters. The number of rotatable bonds is 8. The number of thiophene rings is 1. The summed E-state index contributed by atoms with van der Waals surface area (Å²) in [6, 6.07) is 1.98. The van der Waals surface area contributed by atoms with Gasteiger partial charge in [0.25, 0.3) is 5.91 Å². The second-order valence-corrected chi connectivity index (χ2v) is 6.61. The number of amides is 1. The van der Waals surface area contributed by atoms with Gasteiger partial charge >= 0.3 is 5.97 Å². The van der Waals surface area contributed by atoms with Crippen molar-refractivity contribution in [2.45, 2.75) is 46.5 Å². The molecule has 0 bridgehead atoms. The molecule has 2 N–H and O–H groups in total. The molecule has 0 aliphatic carbocycles. The summed E-state index contributed by atoms with van der Waals surface area (Å²) in [7, 11) is 0. The molecule has 5 heteroatoms. The van der Waals surface area contributed by atoms with E-state index in [4.69, 9.17) is 5.11 Å². The predicted octanol–water partition coefficient (Wildman–Crippen LogP) is 3.32. The van der Waals surface area contributed by atoms with Gasteiger partial charge in [-0.1, -0.05) is 20.8 Å². The molecule has 1 heterocycles. The van der Waals surface area contributed by atoms with Gasteiger partial charge in [0.15, 0.2) is 0 Å². The molecule has 0 unspecified atom stereocenters. The number of carboxylic acids is 1. The summed E-state index contributed by atoms with van der Waals surface area (Å²) >= 11 is 1.46. The fourth-order valence-electron chi connectivity index (χ4n) is 1.98. The zero-order valence-electron chi connectivity index (χ0n) is 12.4. The summed E-state index contributed by atoms with van der Waals surface area (Å²) in [4.78, 5) is 23.4. The van der Waals surface area contributed by atoms with E-state index in [9.17, 15) is 9.59 Å². The maximum atomic E-state index is 12.0. The van der Waals surface area contributed by atoms with Crippen molar-refractivity contribution >= 4 is 23.2 Å². The number of carboxylic acid groups (broad SMARTS) is 1. The number of hydrogen-bond acceptors (Lipinski definition) is 3. The number of nitrogens with one attached hydrogen (secondary N) is 1. The normalized spacial score (nSPS) is 11.3. The Morgan fingerprint density at radius 3 is 2.65 bits per heavy atom. The van der Waals surface area contributed by atoms with Gasteiger partial charge in [-0.05, 0) is 41.7 Å². The lowest BCUT2D eigenvalue weighted by Gasteiger charge is -2.23. The number of carbonyl (C=O) groups is 2. The van der Waals surface area contributed by atoms with Crippen molar-refractivity contribution in [1.82, 2.24) is 5.32 Å². The lowest BCUT2D eigenvalue weighted by Crippen LogP contribution is -2.28. The number of aryl methyl sites for hydroxylation is 1. The lowest BCUT2D eigenvalue weighted by atomic mass is 9.84. The number of hydrogen-bond donors (Lipinski definition) is 2. The lowest BCUT2D eigenvalue weighted by molar-refractivity contribution is -0.137. The highest BCUT2D eigenvalue weighted by molar-refractivity contribution is 7.12. The van der Waals surface area contributed by atoms with Crippen molar-refractivity contribution < 1.29 is 14.7 Å². The minimum atomic E-state index is -0.770. The first-order valence-corrected chi connectivity index (χ1v) is 7.80. The molecule has 20 heavy (non-hydrogen) atoms. The minimum Gasteiger partial charge on any atom is -0.481 e. The molecular formula is C15H23NO3S. The van der Waals surface area contributed by atoms with Crippen molar-refractivity contribution in [2.75, 3.05) is 6.54 Å². The molecule has 0 saturated heterocycles. The van der Waals surface area contributed by atoms with E-state index in [2.05, 4.69) is 5.32 Å². The van der Waals surface area contributed by atoms with Crippen LogP contribution in [0, 0.1) is 5.41 Å². The van der Waals surface area contributed by atoms with Crippen molar-refractivity contribution in [2.24, 2.45) is 5.41 Å². The Balaban J connectivity index is 2.40. The van der Waals surface area contributed by atoms with Crippen LogP contribution in [0.2, 0.25) is 0 Å². The standard InChI is InChI=1S/C15H23NO3S/c1-4-11-6-10-20-13(11)14(19)16-9-8-15(2,3)7-5-12(17)18/h6,10H,4-5,7-9H2,1-3H3,(H,16,19)(H,17,18). The summed E-state index contributed by atoms with van der Waals surface area (Å²) in [6.07, 6.45) is 2.43. The molecule has 1 amide bonds. The Morgan fingerprint density at radius 1 is 1.35 bits per heavy atom. The minimum absolute atomic E-state index is 0.0223. The third kappa shape index (κ3) is 5.33. The molecular weight excluding hydrogens is 274 g/mol. The van der Waals surface area contributed by atoms with Crippen LogP contribution >= 0.6 is 11.3 Å². The fourth-order valence-corrected chi connectivity index (χ4v) is 2.89. The van der Waals surface area contributed by atoms with Gasteiger partial charge in [-0.2, -0.15) is 0 Å². The van der Waals surface area contributed by atoms with E-state index < -0.39 is 5.97 Å². The van der Waals surface area contributed by atoms with Crippen LogP contribution in [0.15, 0.2) is 11.4 Å². The predicted molar refractivity (Wildman–Crippen MR) is 81.3 cm³/mol. The monoisotopic (exact) mass is 297 g/mol. The SMILES string of the molecule is CCc1ccsc1C(=O)NCCC(C)(C)CCC(=O)O. The number of aliphatic carboxylic acids is 1. The molecule has 0 aromatic carbocycles. The molecule has 1 rings (SSSR count). The van der Waals surface area contributed by atoms with Crippen LogP contribution < -0.4 is 5.32 Å². The van der Waals surface area contributed by atoms with E-state index in [-0.39, 0.29) is 17.7 Å². The fraction of sp³-hybridized carbons (Fsp3) is 0.600. The van der Waals surface area contributed by atoms with Gasteiger partial charge in [0, 0.05) is 13.0 Å². The maximum Gasteiger partial charge on any atom is 0.303 e. The Bertz CT molecular complexity index is 465. The third-order valence-electron chi connectivity index (χ3n) is 3.44. The van der Waals surface area contributed by atoms with Crippen molar-refractivity contribution in [1.29, 1.82) is 0 Å². The van der Waals surface area contributed by atoms with Crippen molar-refractivity contribution in [3.05, 3.63) is 21.9 Å². The first-order chi connectivity index (χ1) is 9.35. The zero-order valence-corrected chi connectivity index (χ0v) is 13.2. The Morgan fingerprint density at radius 2 is 2.05 bits per heavy atom. The van der Waals surface area contributed by atoms with Crippen LogP contribution in [0.5, 0.6) is 0 Å². The van der Waals surface area contributed by atoms with E-state index >= 15 is 0 Å². The van der Waals surface area contributed by atoms with E-state index in [0.717, 1.165) is 23.3 Å². The van der Waals surface area contributed by atoms with Crippen LogP contribution in [0.1, 0.15) is 55.3 Å². The summed E-state index contributed by atoms with van der Waals surface area (Å²) < 4.78 is 0. The van der Waals surface area contributed by atoms with E-state index in [1.165, 1.54) is 11.3 Å². The van der Waals surface area contributed by atoms with Gasteiger partial charge in [0.2, 0.25) is 0 Å². The summed E-state index contributed by atoms with van der Waals surface area (Å²) in [5.74, 6) is -0.792. The van der Waals surface area contributed by atoms with Gasteiger partial charge in [-0.3, -0.25) is 9.59 Å². The van der Waals surface area contributed by atoms with E-state index in [1.54, 1.807) is 0 Å². The Labute approximate surface area is 124 Å². The summed E-state index contributed by atoms with van der Waals surface area (Å²) in [5.41, 5.74) is 1.01. The molecule has 0 saturated carbocycles. The molecule has 0 radical (unpaired) electrons. The van der Waals surface area contributed by atoms with Crippen LogP contribution in [-0.2, 0) is 11.2 Å². The summed E-state index contributed by atoms with van der Waals surface area (Å²) in [6.45, 7) is 6.68. The van der Waals surface area contributed by atoms with Gasteiger partial charge in [-0.15, -0.1) is 11.3 Å². The first-order valence-electron chi connectivity index (χ1n) is 6.92. The highest BCUT2D eigenvalue weighted by Crippen LogP contribution is 2.26. The average Bonchev–Trinajstić information content (AvgIpc) is 2.84. The molecule has 1 aromatic rings. The second kappa shape index (κ2) is 7.43. The Hall–Kier alpha value is -1.36. The summed E-state index contributed by atoms with van der Waals surface area (Å²) in [5, 5.41) is 13.6. The highest BCUT2D eigenvalue weighted by Gasteiger charge is 2.20. The third-order valence-corrected chi connectivity index (χ3v) is 4.39. The van der Waals surface area contributed by atoms with Gasteiger partial charge in [-0.25, -0.2) is 0 Å². The van der Waals surface area contributed by atoms with Crippen LogP contribution in [0.4, 0.5) is 0 Å². The van der Waals surface area contributed by atoms with E-state index in [1.807, 2.05) is 32.2 Å². The largest absolute Gasteiger partial charge is 0.481 e. The topological polar surface area (TPSA) is 66.4 Å². The van der Waals surface area contributed by atoms with Crippen LogP contribution in [-0.4, -0.2) is 23.5 Å². The highest BCUT2D eigenvalue weighted by atomic mass is 32.1. The molecule has 112 valence electrons. The van der Waals surface area contributed by atoms with Crippen LogP contribution in [0.25, 0.3) is 0 Å². The smallest absolute Gasteiger partial charge is 0.303 e. The molecule has 1 aromatic heterocycles.